The third kappa shape index (κ3) is 2.73. The number of nitrogens with zero attached hydrogens (tertiary/aromatic N) is 2. The standard InChI is InChI=1S/C16H19ClN2O/c1-10-7-8-12(9-11(10)2)20-15-13-5-3-4-6-14(13)18-16(17)19-15/h3-6,10-12H,7-9H2,1-2H3. The number of aromatic nitrogens is 2. The van der Waals surface area contributed by atoms with E-state index in [0.717, 1.165) is 29.7 Å². The molecule has 20 heavy (non-hydrogen) atoms. The summed E-state index contributed by atoms with van der Waals surface area (Å²) in [5.41, 5.74) is 0.833. The Morgan fingerprint density at radius 1 is 1.10 bits per heavy atom. The summed E-state index contributed by atoms with van der Waals surface area (Å²) >= 11 is 5.99. The molecule has 0 saturated heterocycles. The van der Waals surface area contributed by atoms with Gasteiger partial charge in [-0.1, -0.05) is 26.0 Å². The first-order valence-electron chi connectivity index (χ1n) is 7.22. The van der Waals surface area contributed by atoms with Crippen LogP contribution in [-0.4, -0.2) is 16.1 Å². The molecule has 0 radical (unpaired) electrons. The molecule has 106 valence electrons. The van der Waals surface area contributed by atoms with Crippen LogP contribution in [0.15, 0.2) is 24.3 Å². The fraction of sp³-hybridized carbons (Fsp3) is 0.500. The maximum Gasteiger partial charge on any atom is 0.226 e. The van der Waals surface area contributed by atoms with Crippen LogP contribution in [0.3, 0.4) is 0 Å². The quantitative estimate of drug-likeness (QED) is 0.765. The molecule has 1 fully saturated rings. The first kappa shape index (κ1) is 13.6. The zero-order chi connectivity index (χ0) is 14.1. The van der Waals surface area contributed by atoms with E-state index in [4.69, 9.17) is 16.3 Å². The molecular formula is C16H19ClN2O. The Balaban J connectivity index is 1.87. The summed E-state index contributed by atoms with van der Waals surface area (Å²) in [6.07, 6.45) is 3.61. The van der Waals surface area contributed by atoms with E-state index >= 15 is 0 Å². The minimum atomic E-state index is 0.232. The second-order valence-corrected chi connectivity index (χ2v) is 6.16. The molecule has 0 aliphatic heterocycles. The Labute approximate surface area is 124 Å². The van der Waals surface area contributed by atoms with Crippen molar-refractivity contribution in [3.8, 4) is 5.88 Å². The van der Waals surface area contributed by atoms with Crippen molar-refractivity contribution in [3.63, 3.8) is 0 Å². The second kappa shape index (κ2) is 5.57. The van der Waals surface area contributed by atoms with Gasteiger partial charge in [0.05, 0.1) is 10.9 Å². The first-order valence-corrected chi connectivity index (χ1v) is 7.60. The molecule has 1 saturated carbocycles. The molecule has 0 amide bonds. The Hall–Kier alpha value is -1.35. The minimum Gasteiger partial charge on any atom is -0.474 e. The van der Waals surface area contributed by atoms with Crippen molar-refractivity contribution in [2.45, 2.75) is 39.2 Å². The van der Waals surface area contributed by atoms with Gasteiger partial charge in [0.25, 0.3) is 0 Å². The smallest absolute Gasteiger partial charge is 0.226 e. The molecule has 3 rings (SSSR count). The lowest BCUT2D eigenvalue weighted by Crippen LogP contribution is -2.29. The van der Waals surface area contributed by atoms with Crippen LogP contribution < -0.4 is 4.74 Å². The van der Waals surface area contributed by atoms with Gasteiger partial charge in [0.2, 0.25) is 11.2 Å². The van der Waals surface area contributed by atoms with Gasteiger partial charge in [0.15, 0.2) is 0 Å². The third-order valence-electron chi connectivity index (χ3n) is 4.37. The predicted molar refractivity (Wildman–Crippen MR) is 81.1 cm³/mol. The van der Waals surface area contributed by atoms with Crippen molar-refractivity contribution in [3.05, 3.63) is 29.5 Å². The van der Waals surface area contributed by atoms with Crippen molar-refractivity contribution in [2.24, 2.45) is 11.8 Å². The number of hydrogen-bond donors (Lipinski definition) is 0. The molecule has 1 heterocycles. The fourth-order valence-corrected chi connectivity index (χ4v) is 3.04. The predicted octanol–water partition coefficient (Wildman–Crippen LogP) is 4.49. The van der Waals surface area contributed by atoms with Crippen LogP contribution in [0.25, 0.3) is 10.9 Å². The summed E-state index contributed by atoms with van der Waals surface area (Å²) < 4.78 is 6.13. The van der Waals surface area contributed by atoms with Crippen molar-refractivity contribution < 1.29 is 4.74 Å². The van der Waals surface area contributed by atoms with Crippen LogP contribution in [0, 0.1) is 11.8 Å². The summed E-state index contributed by atoms with van der Waals surface area (Å²) in [6.45, 7) is 4.61. The number of para-hydroxylation sites is 1. The molecule has 2 aromatic rings. The first-order chi connectivity index (χ1) is 9.63. The lowest BCUT2D eigenvalue weighted by atomic mass is 9.80. The fourth-order valence-electron chi connectivity index (χ4n) is 2.87. The SMILES string of the molecule is CC1CCC(Oc2nc(Cl)nc3ccccc23)CC1C. The normalized spacial score (nSPS) is 26.6. The number of halogens is 1. The van der Waals surface area contributed by atoms with E-state index in [9.17, 15) is 0 Å². The lowest BCUT2D eigenvalue weighted by Gasteiger charge is -2.32. The zero-order valence-corrected chi connectivity index (χ0v) is 12.6. The highest BCUT2D eigenvalue weighted by Crippen LogP contribution is 2.33. The average molecular weight is 291 g/mol. The molecule has 3 nitrogen and oxygen atoms in total. The highest BCUT2D eigenvalue weighted by Gasteiger charge is 2.26. The molecule has 1 aliphatic carbocycles. The molecule has 4 heteroatoms. The molecule has 1 aliphatic rings. The third-order valence-corrected chi connectivity index (χ3v) is 4.54. The van der Waals surface area contributed by atoms with Crippen LogP contribution in [0.5, 0.6) is 5.88 Å². The number of hydrogen-bond acceptors (Lipinski definition) is 3. The van der Waals surface area contributed by atoms with E-state index < -0.39 is 0 Å². The van der Waals surface area contributed by atoms with Crippen LogP contribution in [0.1, 0.15) is 33.1 Å². The van der Waals surface area contributed by atoms with Crippen LogP contribution in [0.4, 0.5) is 0 Å². The van der Waals surface area contributed by atoms with Crippen molar-refractivity contribution >= 4 is 22.5 Å². The van der Waals surface area contributed by atoms with Crippen molar-refractivity contribution in [1.29, 1.82) is 0 Å². The highest BCUT2D eigenvalue weighted by molar-refractivity contribution is 6.28. The topological polar surface area (TPSA) is 35.0 Å². The number of ether oxygens (including phenoxy) is 1. The van der Waals surface area contributed by atoms with Gasteiger partial charge in [0.1, 0.15) is 6.10 Å². The van der Waals surface area contributed by atoms with Crippen LogP contribution >= 0.6 is 11.6 Å². The van der Waals surface area contributed by atoms with Crippen molar-refractivity contribution in [2.75, 3.05) is 0 Å². The van der Waals surface area contributed by atoms with Gasteiger partial charge >= 0.3 is 0 Å². The zero-order valence-electron chi connectivity index (χ0n) is 11.8. The summed E-state index contributed by atoms with van der Waals surface area (Å²) in [4.78, 5) is 8.50. The van der Waals surface area contributed by atoms with Crippen molar-refractivity contribution in [1.82, 2.24) is 9.97 Å². The van der Waals surface area contributed by atoms with E-state index in [1.165, 1.54) is 6.42 Å². The Kier molecular flexibility index (Phi) is 3.79. The summed E-state index contributed by atoms with van der Waals surface area (Å²) in [5, 5.41) is 1.18. The van der Waals surface area contributed by atoms with E-state index in [0.29, 0.717) is 11.8 Å². The van der Waals surface area contributed by atoms with E-state index in [-0.39, 0.29) is 11.4 Å². The Bertz CT molecular complexity index is 616. The summed E-state index contributed by atoms with van der Waals surface area (Å²) in [6, 6.07) is 7.83. The molecule has 3 unspecified atom stereocenters. The van der Waals surface area contributed by atoms with Gasteiger partial charge in [-0.05, 0) is 54.8 Å². The highest BCUT2D eigenvalue weighted by atomic mass is 35.5. The maximum atomic E-state index is 6.13. The largest absolute Gasteiger partial charge is 0.474 e. The molecule has 1 aromatic carbocycles. The Morgan fingerprint density at radius 3 is 2.70 bits per heavy atom. The molecule has 0 bridgehead atoms. The number of rotatable bonds is 2. The van der Waals surface area contributed by atoms with E-state index in [1.807, 2.05) is 24.3 Å². The maximum absolute atomic E-state index is 6.13. The second-order valence-electron chi connectivity index (χ2n) is 5.82. The van der Waals surface area contributed by atoms with Gasteiger partial charge in [-0.3, -0.25) is 0 Å². The average Bonchev–Trinajstić information content (AvgIpc) is 2.43. The van der Waals surface area contributed by atoms with Gasteiger partial charge in [0, 0.05) is 0 Å². The molecule has 3 atom stereocenters. The summed E-state index contributed by atoms with van der Waals surface area (Å²) in [5.74, 6) is 2.09. The van der Waals surface area contributed by atoms with E-state index in [1.54, 1.807) is 0 Å². The van der Waals surface area contributed by atoms with Gasteiger partial charge < -0.3 is 4.74 Å². The molecule has 0 spiro atoms. The monoisotopic (exact) mass is 290 g/mol. The Morgan fingerprint density at radius 2 is 1.90 bits per heavy atom. The molecular weight excluding hydrogens is 272 g/mol. The minimum absolute atomic E-state index is 0.232. The number of benzene rings is 1. The van der Waals surface area contributed by atoms with E-state index in [2.05, 4.69) is 23.8 Å². The van der Waals surface area contributed by atoms with Crippen LogP contribution in [-0.2, 0) is 0 Å². The van der Waals surface area contributed by atoms with Gasteiger partial charge in [-0.2, -0.15) is 4.98 Å². The lowest BCUT2D eigenvalue weighted by molar-refractivity contribution is 0.0979. The number of fused-ring (bicyclic) bond motifs is 1. The molecule has 0 N–H and O–H groups in total. The van der Waals surface area contributed by atoms with Gasteiger partial charge in [-0.25, -0.2) is 4.98 Å². The molecule has 1 aromatic heterocycles. The van der Waals surface area contributed by atoms with Gasteiger partial charge in [-0.15, -0.1) is 0 Å². The van der Waals surface area contributed by atoms with Crippen LogP contribution in [0.2, 0.25) is 5.28 Å². The summed E-state index contributed by atoms with van der Waals surface area (Å²) in [7, 11) is 0.